The van der Waals surface area contributed by atoms with Crippen molar-refractivity contribution in [1.82, 2.24) is 9.88 Å². The molecule has 1 amide bonds. The lowest BCUT2D eigenvalue weighted by Gasteiger charge is -2.12. The second-order valence-electron chi connectivity index (χ2n) is 3.26. The van der Waals surface area contributed by atoms with Crippen LogP contribution in [-0.4, -0.2) is 28.9 Å². The van der Waals surface area contributed by atoms with Crippen molar-refractivity contribution >= 4 is 5.91 Å². The average Bonchev–Trinajstić information content (AvgIpc) is 2.72. The summed E-state index contributed by atoms with van der Waals surface area (Å²) in [6, 6.07) is 0. The first kappa shape index (κ1) is 8.29. The van der Waals surface area contributed by atoms with Gasteiger partial charge in [-0.1, -0.05) is 0 Å². The maximum atomic E-state index is 11.7. The van der Waals surface area contributed by atoms with Gasteiger partial charge in [0.2, 0.25) is 0 Å². The Bertz CT molecular complexity index is 313. The fourth-order valence-corrected chi connectivity index (χ4v) is 1.58. The van der Waals surface area contributed by atoms with E-state index in [1.165, 1.54) is 6.39 Å². The number of likely N-dealkylation sites (tertiary alicyclic amines) is 1. The molecule has 0 unspecified atom stereocenters. The van der Waals surface area contributed by atoms with E-state index in [2.05, 4.69) is 4.98 Å². The SMILES string of the molecule is Cc1ocnc1C(=O)N1CCCC1. The Balaban J connectivity index is 2.17. The molecular weight excluding hydrogens is 168 g/mol. The van der Waals surface area contributed by atoms with Gasteiger partial charge in [-0.3, -0.25) is 4.79 Å². The minimum Gasteiger partial charge on any atom is -0.448 e. The third-order valence-corrected chi connectivity index (χ3v) is 2.34. The number of rotatable bonds is 1. The molecule has 4 nitrogen and oxygen atoms in total. The molecule has 13 heavy (non-hydrogen) atoms. The predicted octanol–water partition coefficient (Wildman–Crippen LogP) is 1.22. The van der Waals surface area contributed by atoms with Crippen molar-refractivity contribution in [3.63, 3.8) is 0 Å². The van der Waals surface area contributed by atoms with Crippen LogP contribution in [0.5, 0.6) is 0 Å². The van der Waals surface area contributed by atoms with Crippen molar-refractivity contribution in [2.75, 3.05) is 13.1 Å². The smallest absolute Gasteiger partial charge is 0.276 e. The first-order valence-electron chi connectivity index (χ1n) is 4.48. The largest absolute Gasteiger partial charge is 0.448 e. The van der Waals surface area contributed by atoms with Gasteiger partial charge in [0, 0.05) is 13.1 Å². The summed E-state index contributed by atoms with van der Waals surface area (Å²) in [5.41, 5.74) is 0.460. The molecule has 0 bridgehead atoms. The Kier molecular flexibility index (Phi) is 2.04. The van der Waals surface area contributed by atoms with Gasteiger partial charge in [-0.25, -0.2) is 4.98 Å². The van der Waals surface area contributed by atoms with Crippen molar-refractivity contribution in [3.05, 3.63) is 17.8 Å². The van der Waals surface area contributed by atoms with Gasteiger partial charge in [-0.15, -0.1) is 0 Å². The molecule has 0 aliphatic carbocycles. The van der Waals surface area contributed by atoms with Crippen LogP contribution in [0.2, 0.25) is 0 Å². The first-order valence-corrected chi connectivity index (χ1v) is 4.48. The second kappa shape index (κ2) is 3.20. The van der Waals surface area contributed by atoms with Crippen LogP contribution < -0.4 is 0 Å². The highest BCUT2D eigenvalue weighted by molar-refractivity contribution is 5.93. The number of amides is 1. The van der Waals surface area contributed by atoms with Crippen molar-refractivity contribution in [2.24, 2.45) is 0 Å². The summed E-state index contributed by atoms with van der Waals surface area (Å²) in [5, 5.41) is 0. The second-order valence-corrected chi connectivity index (χ2v) is 3.26. The molecule has 1 saturated heterocycles. The average molecular weight is 180 g/mol. The lowest BCUT2D eigenvalue weighted by Crippen LogP contribution is -2.28. The van der Waals surface area contributed by atoms with E-state index in [1.807, 2.05) is 4.90 Å². The van der Waals surface area contributed by atoms with Crippen LogP contribution >= 0.6 is 0 Å². The fourth-order valence-electron chi connectivity index (χ4n) is 1.58. The maximum absolute atomic E-state index is 11.7. The lowest BCUT2D eigenvalue weighted by atomic mass is 10.3. The number of hydrogen-bond donors (Lipinski definition) is 0. The number of oxazole rings is 1. The van der Waals surface area contributed by atoms with Gasteiger partial charge >= 0.3 is 0 Å². The van der Waals surface area contributed by atoms with Gasteiger partial charge in [0.05, 0.1) is 0 Å². The number of carbonyl (C=O) groups is 1. The van der Waals surface area contributed by atoms with Crippen LogP contribution in [0.15, 0.2) is 10.8 Å². The standard InChI is InChI=1S/C9H12N2O2/c1-7-8(10-6-13-7)9(12)11-4-2-3-5-11/h6H,2-5H2,1H3. The zero-order chi connectivity index (χ0) is 9.26. The molecule has 2 rings (SSSR count). The van der Waals surface area contributed by atoms with Crippen LogP contribution in [0.4, 0.5) is 0 Å². The van der Waals surface area contributed by atoms with Crippen LogP contribution in [0.1, 0.15) is 29.1 Å². The van der Waals surface area contributed by atoms with Gasteiger partial charge in [-0.2, -0.15) is 0 Å². The minimum atomic E-state index is 0.00347. The summed E-state index contributed by atoms with van der Waals surface area (Å²) < 4.78 is 4.99. The van der Waals surface area contributed by atoms with E-state index in [9.17, 15) is 4.79 Å². The number of hydrogen-bond acceptors (Lipinski definition) is 3. The summed E-state index contributed by atoms with van der Waals surface area (Å²) in [6.07, 6.45) is 3.52. The van der Waals surface area contributed by atoms with E-state index < -0.39 is 0 Å². The molecule has 0 atom stereocenters. The van der Waals surface area contributed by atoms with E-state index in [4.69, 9.17) is 4.42 Å². The summed E-state index contributed by atoms with van der Waals surface area (Å²) in [7, 11) is 0. The summed E-state index contributed by atoms with van der Waals surface area (Å²) in [5.74, 6) is 0.612. The van der Waals surface area contributed by atoms with Crippen LogP contribution in [0.25, 0.3) is 0 Å². The molecule has 1 aromatic rings. The molecule has 1 aliphatic heterocycles. The normalized spacial score (nSPS) is 16.5. The quantitative estimate of drug-likeness (QED) is 0.652. The number of aromatic nitrogens is 1. The van der Waals surface area contributed by atoms with E-state index in [0.717, 1.165) is 25.9 Å². The number of aryl methyl sites for hydroxylation is 1. The zero-order valence-corrected chi connectivity index (χ0v) is 7.62. The monoisotopic (exact) mass is 180 g/mol. The van der Waals surface area contributed by atoms with Gasteiger partial charge in [-0.05, 0) is 19.8 Å². The van der Waals surface area contributed by atoms with Gasteiger partial charge < -0.3 is 9.32 Å². The molecule has 1 fully saturated rings. The predicted molar refractivity (Wildman–Crippen MR) is 46.4 cm³/mol. The Morgan fingerprint density at radius 3 is 2.77 bits per heavy atom. The molecule has 2 heterocycles. The van der Waals surface area contributed by atoms with Gasteiger partial charge in [0.25, 0.3) is 5.91 Å². The van der Waals surface area contributed by atoms with Crippen molar-refractivity contribution in [3.8, 4) is 0 Å². The number of carbonyl (C=O) groups excluding carboxylic acids is 1. The Morgan fingerprint density at radius 2 is 2.23 bits per heavy atom. The molecule has 1 aliphatic rings. The van der Waals surface area contributed by atoms with Gasteiger partial charge in [0.1, 0.15) is 5.76 Å². The van der Waals surface area contributed by atoms with E-state index >= 15 is 0 Å². The molecule has 0 aromatic carbocycles. The minimum absolute atomic E-state index is 0.00347. The molecule has 0 saturated carbocycles. The molecule has 0 radical (unpaired) electrons. The molecule has 0 spiro atoms. The van der Waals surface area contributed by atoms with Crippen molar-refractivity contribution < 1.29 is 9.21 Å². The summed E-state index contributed by atoms with van der Waals surface area (Å²) in [6.45, 7) is 3.46. The van der Waals surface area contributed by atoms with Crippen LogP contribution in [-0.2, 0) is 0 Å². The molecule has 0 N–H and O–H groups in total. The zero-order valence-electron chi connectivity index (χ0n) is 7.62. The molecular formula is C9H12N2O2. The van der Waals surface area contributed by atoms with Crippen LogP contribution in [0, 0.1) is 6.92 Å². The summed E-state index contributed by atoms with van der Waals surface area (Å²) >= 11 is 0. The first-order chi connectivity index (χ1) is 6.29. The topological polar surface area (TPSA) is 46.3 Å². The highest BCUT2D eigenvalue weighted by atomic mass is 16.3. The molecule has 70 valence electrons. The highest BCUT2D eigenvalue weighted by Crippen LogP contribution is 2.13. The van der Waals surface area contributed by atoms with Gasteiger partial charge in [0.15, 0.2) is 12.1 Å². The van der Waals surface area contributed by atoms with E-state index in [0.29, 0.717) is 11.5 Å². The van der Waals surface area contributed by atoms with Crippen molar-refractivity contribution in [1.29, 1.82) is 0 Å². The van der Waals surface area contributed by atoms with Crippen molar-refractivity contribution in [2.45, 2.75) is 19.8 Å². The third-order valence-electron chi connectivity index (χ3n) is 2.34. The maximum Gasteiger partial charge on any atom is 0.276 e. The lowest BCUT2D eigenvalue weighted by molar-refractivity contribution is 0.0786. The Morgan fingerprint density at radius 1 is 1.54 bits per heavy atom. The number of nitrogens with zero attached hydrogens (tertiary/aromatic N) is 2. The molecule has 1 aromatic heterocycles. The Labute approximate surface area is 76.6 Å². The third kappa shape index (κ3) is 1.43. The van der Waals surface area contributed by atoms with Crippen LogP contribution in [0.3, 0.4) is 0 Å². The fraction of sp³-hybridized carbons (Fsp3) is 0.556. The van der Waals surface area contributed by atoms with E-state index in [1.54, 1.807) is 6.92 Å². The highest BCUT2D eigenvalue weighted by Gasteiger charge is 2.23. The summed E-state index contributed by atoms with van der Waals surface area (Å²) in [4.78, 5) is 17.5. The van der Waals surface area contributed by atoms with E-state index in [-0.39, 0.29) is 5.91 Å². The Hall–Kier alpha value is -1.32. The molecule has 4 heteroatoms.